The number of hydrogen-bond acceptors (Lipinski definition) is 4. The molecule has 1 rings (SSSR count). The highest BCUT2D eigenvalue weighted by molar-refractivity contribution is 5.12. The summed E-state index contributed by atoms with van der Waals surface area (Å²) >= 11 is 0. The van der Waals surface area contributed by atoms with Gasteiger partial charge in [0.25, 0.3) is 0 Å². The van der Waals surface area contributed by atoms with Crippen LogP contribution in [0.25, 0.3) is 0 Å². The van der Waals surface area contributed by atoms with Gasteiger partial charge < -0.3 is 15.7 Å². The van der Waals surface area contributed by atoms with Crippen molar-refractivity contribution in [1.82, 2.24) is 15.6 Å². The van der Waals surface area contributed by atoms with Crippen molar-refractivity contribution in [1.29, 1.82) is 0 Å². The highest BCUT2D eigenvalue weighted by Gasteiger charge is 1.89. The van der Waals surface area contributed by atoms with Crippen LogP contribution in [-0.2, 0) is 0 Å². The minimum absolute atomic E-state index is 0.247. The van der Waals surface area contributed by atoms with E-state index in [0.29, 0.717) is 6.54 Å². The molecule has 1 unspecified atom stereocenters. The Labute approximate surface area is 150 Å². The minimum atomic E-state index is -0.667. The lowest BCUT2D eigenvalue weighted by molar-refractivity contribution is 0.191. The summed E-state index contributed by atoms with van der Waals surface area (Å²) in [7, 11) is 1.86. The van der Waals surface area contributed by atoms with Gasteiger partial charge in [0, 0.05) is 25.1 Å². The molecule has 4 nitrogen and oxygen atoms in total. The highest BCUT2D eigenvalue weighted by atomic mass is 19.1. The first kappa shape index (κ1) is 30.8. The molecule has 146 valence electrons. The van der Waals surface area contributed by atoms with Crippen LogP contribution in [0, 0.1) is 13.8 Å². The molecule has 24 heavy (non-hydrogen) atoms. The molecule has 0 aliphatic rings. The molecule has 0 fully saturated rings. The Balaban J connectivity index is -0.000000118. The molecule has 1 heterocycles. The van der Waals surface area contributed by atoms with Gasteiger partial charge in [-0.15, -0.1) is 0 Å². The van der Waals surface area contributed by atoms with Crippen LogP contribution in [0.2, 0.25) is 0 Å². The number of aliphatic hydroxyl groups is 1. The minimum Gasteiger partial charge on any atom is -0.392 e. The van der Waals surface area contributed by atoms with Gasteiger partial charge in [-0.1, -0.05) is 27.7 Å². The number of nitrogens with zero attached hydrogens (tertiary/aromatic N) is 1. The van der Waals surface area contributed by atoms with Crippen molar-refractivity contribution in [2.24, 2.45) is 0 Å². The average molecular weight is 348 g/mol. The van der Waals surface area contributed by atoms with Crippen molar-refractivity contribution < 1.29 is 9.50 Å². The molecule has 5 heteroatoms. The van der Waals surface area contributed by atoms with E-state index in [4.69, 9.17) is 5.11 Å². The van der Waals surface area contributed by atoms with Crippen molar-refractivity contribution in [3.8, 4) is 0 Å². The Morgan fingerprint density at radius 1 is 1.12 bits per heavy atom. The van der Waals surface area contributed by atoms with Gasteiger partial charge in [-0.25, -0.2) is 4.39 Å². The zero-order chi connectivity index (χ0) is 20.0. The summed E-state index contributed by atoms with van der Waals surface area (Å²) in [5, 5.41) is 14.6. The predicted molar refractivity (Wildman–Crippen MR) is 106 cm³/mol. The van der Waals surface area contributed by atoms with Crippen molar-refractivity contribution in [2.75, 3.05) is 20.3 Å². The molecule has 0 radical (unpaired) electrons. The lowest BCUT2D eigenvalue weighted by Crippen LogP contribution is -2.31. The molecule has 0 aromatic carbocycles. The van der Waals surface area contributed by atoms with E-state index in [9.17, 15) is 4.39 Å². The zero-order valence-electron chi connectivity index (χ0n) is 17.6. The van der Waals surface area contributed by atoms with Gasteiger partial charge in [0.15, 0.2) is 0 Å². The quantitative estimate of drug-likeness (QED) is 0.563. The molecular formula is C19H42FN3O. The molecule has 0 saturated heterocycles. The highest BCUT2D eigenvalue weighted by Crippen LogP contribution is 1.95. The summed E-state index contributed by atoms with van der Waals surface area (Å²) in [6.07, 6.45) is 0.911. The number of aryl methyl sites for hydroxylation is 2. The van der Waals surface area contributed by atoms with E-state index in [0.717, 1.165) is 12.4 Å². The van der Waals surface area contributed by atoms with Crippen LogP contribution in [-0.4, -0.2) is 42.6 Å². The molecule has 0 aliphatic heterocycles. The summed E-state index contributed by atoms with van der Waals surface area (Å²) in [5.74, 6) is 0. The number of pyridine rings is 1. The van der Waals surface area contributed by atoms with Crippen molar-refractivity contribution in [2.45, 2.75) is 74.6 Å². The standard InChI is InChI=1S/C7H9N.C5H14N2O.C3H7F.2C2H6/c1-6-3-4-8-7(2)5-6;1-5(8)3-7-4-6-2;1-3(2)4;2*1-2/h3-5H,1-2H3;5-8H,3-4H2,1-2H3;3H,1-2H3;2*1-2H3. The number of hydrogen-bond donors (Lipinski definition) is 3. The second-order valence-corrected chi connectivity index (χ2v) is 4.82. The Hall–Kier alpha value is -1.04. The van der Waals surface area contributed by atoms with E-state index in [-0.39, 0.29) is 6.10 Å². The monoisotopic (exact) mass is 347 g/mol. The first-order valence-corrected chi connectivity index (χ1v) is 8.86. The third-order valence-corrected chi connectivity index (χ3v) is 1.79. The molecule has 0 aliphatic carbocycles. The van der Waals surface area contributed by atoms with E-state index in [1.54, 1.807) is 6.92 Å². The Bertz CT molecular complexity index is 301. The van der Waals surface area contributed by atoms with Crippen LogP contribution in [0.5, 0.6) is 0 Å². The van der Waals surface area contributed by atoms with Gasteiger partial charge in [0.05, 0.1) is 12.3 Å². The largest absolute Gasteiger partial charge is 0.392 e. The summed E-state index contributed by atoms with van der Waals surface area (Å²) in [5.41, 5.74) is 2.36. The van der Waals surface area contributed by atoms with E-state index in [1.165, 1.54) is 19.4 Å². The molecule has 1 aromatic rings. The number of aliphatic hydroxyl groups excluding tert-OH is 1. The SMILES string of the molecule is CC.CC.CC(C)F.CNCNCC(C)O.Cc1ccnc(C)c1. The van der Waals surface area contributed by atoms with Crippen LogP contribution < -0.4 is 10.6 Å². The molecule has 1 aromatic heterocycles. The lowest BCUT2D eigenvalue weighted by Gasteiger charge is -2.04. The summed E-state index contributed by atoms with van der Waals surface area (Å²) in [6.45, 7) is 18.2. The van der Waals surface area contributed by atoms with Crippen LogP contribution in [0.15, 0.2) is 18.3 Å². The second kappa shape index (κ2) is 26.8. The number of halogens is 1. The number of alkyl halides is 1. The predicted octanol–water partition coefficient (Wildman–Crippen LogP) is 4.25. The third kappa shape index (κ3) is 42.8. The Kier molecular flexibility index (Phi) is 34.4. The normalized spacial score (nSPS) is 9.71. The maximum Gasteiger partial charge on any atom is 0.0945 e. The van der Waals surface area contributed by atoms with Crippen LogP contribution in [0.4, 0.5) is 4.39 Å². The summed E-state index contributed by atoms with van der Waals surface area (Å²) < 4.78 is 11.0. The number of nitrogens with one attached hydrogen (secondary N) is 2. The Morgan fingerprint density at radius 2 is 1.58 bits per heavy atom. The fraction of sp³-hybridized carbons (Fsp3) is 0.737. The van der Waals surface area contributed by atoms with Crippen molar-refractivity contribution >= 4 is 0 Å². The Morgan fingerprint density at radius 3 is 1.83 bits per heavy atom. The molecule has 1 atom stereocenters. The number of rotatable bonds is 4. The van der Waals surface area contributed by atoms with Gasteiger partial charge in [0.1, 0.15) is 0 Å². The fourth-order valence-electron chi connectivity index (χ4n) is 1.09. The van der Waals surface area contributed by atoms with E-state index in [2.05, 4.69) is 28.6 Å². The lowest BCUT2D eigenvalue weighted by atomic mass is 10.3. The first-order chi connectivity index (χ1) is 11.3. The van der Waals surface area contributed by atoms with E-state index in [1.807, 2.05) is 53.9 Å². The summed E-state index contributed by atoms with van der Waals surface area (Å²) in [6, 6.07) is 4.05. The first-order valence-electron chi connectivity index (χ1n) is 8.86. The van der Waals surface area contributed by atoms with Gasteiger partial charge in [0.2, 0.25) is 0 Å². The second-order valence-electron chi connectivity index (χ2n) is 4.82. The molecule has 3 N–H and O–H groups in total. The average Bonchev–Trinajstić information content (AvgIpc) is 2.51. The molecule has 0 spiro atoms. The van der Waals surface area contributed by atoms with Gasteiger partial charge in [-0.05, 0) is 59.4 Å². The van der Waals surface area contributed by atoms with E-state index < -0.39 is 6.17 Å². The molecule has 0 amide bonds. The summed E-state index contributed by atoms with van der Waals surface area (Å²) in [4.78, 5) is 4.04. The van der Waals surface area contributed by atoms with Gasteiger partial charge in [-0.2, -0.15) is 0 Å². The maximum absolute atomic E-state index is 11.0. The van der Waals surface area contributed by atoms with Crippen LogP contribution in [0.3, 0.4) is 0 Å². The maximum atomic E-state index is 11.0. The zero-order valence-corrected chi connectivity index (χ0v) is 17.6. The number of aromatic nitrogens is 1. The third-order valence-electron chi connectivity index (χ3n) is 1.79. The van der Waals surface area contributed by atoms with Gasteiger partial charge in [-0.3, -0.25) is 4.98 Å². The van der Waals surface area contributed by atoms with Crippen molar-refractivity contribution in [3.63, 3.8) is 0 Å². The van der Waals surface area contributed by atoms with Gasteiger partial charge >= 0.3 is 0 Å². The van der Waals surface area contributed by atoms with Crippen LogP contribution >= 0.6 is 0 Å². The van der Waals surface area contributed by atoms with E-state index >= 15 is 0 Å². The fourth-order valence-corrected chi connectivity index (χ4v) is 1.09. The topological polar surface area (TPSA) is 57.2 Å². The molecule has 0 bridgehead atoms. The van der Waals surface area contributed by atoms with Crippen molar-refractivity contribution in [3.05, 3.63) is 29.6 Å². The smallest absolute Gasteiger partial charge is 0.0945 e. The van der Waals surface area contributed by atoms with Crippen LogP contribution in [0.1, 0.15) is 59.7 Å². The molecule has 0 saturated carbocycles. The molecular weight excluding hydrogens is 305 g/mol.